The average Bonchev–Trinajstić information content (AvgIpc) is 3.45. The maximum Gasteiger partial charge on any atom is 0.248 e. The van der Waals surface area contributed by atoms with Gasteiger partial charge in [-0.05, 0) is 30.5 Å². The molecule has 0 radical (unpaired) electrons. The number of nitrogens with zero attached hydrogens (tertiary/aromatic N) is 4. The first-order valence-electron chi connectivity index (χ1n) is 10.1. The zero-order chi connectivity index (χ0) is 19.5. The van der Waals surface area contributed by atoms with E-state index in [0.29, 0.717) is 17.8 Å². The van der Waals surface area contributed by atoms with Gasteiger partial charge in [0.25, 0.3) is 0 Å². The number of para-hydroxylation sites is 1. The third kappa shape index (κ3) is 2.64. The van der Waals surface area contributed by atoms with Crippen molar-refractivity contribution in [3.8, 4) is 0 Å². The molecule has 0 amide bonds. The van der Waals surface area contributed by atoms with Crippen LogP contribution in [-0.2, 0) is 6.54 Å². The molecule has 2 fully saturated rings. The normalized spacial score (nSPS) is 16.5. The van der Waals surface area contributed by atoms with Gasteiger partial charge in [0.15, 0.2) is 5.65 Å². The number of imidazole rings is 1. The minimum Gasteiger partial charge on any atom is -0.366 e. The lowest BCUT2D eigenvalue weighted by Crippen LogP contribution is -2.17. The number of rotatable bonds is 4. The standard InChI is InChI=1S/C22H20FN5O/c23-16-6-2-5-15-14(11-18(29)25-19(15)16)12-28-21(13-3-1-4-13)26-20-17(27-9-10-27)7-8-24-22(20)28/h2,5-8,11,13H,1,3-4,9-10,12H2,(H,25,29). The second-order valence-electron chi connectivity index (χ2n) is 7.99. The van der Waals surface area contributed by atoms with Gasteiger partial charge >= 0.3 is 0 Å². The molecule has 1 N–H and O–H groups in total. The fourth-order valence-electron chi connectivity index (χ4n) is 4.32. The zero-order valence-corrected chi connectivity index (χ0v) is 15.9. The first-order chi connectivity index (χ1) is 14.2. The van der Waals surface area contributed by atoms with Gasteiger partial charge in [-0.15, -0.1) is 0 Å². The Hall–Kier alpha value is -3.22. The average molecular weight is 389 g/mol. The monoisotopic (exact) mass is 389 g/mol. The Morgan fingerprint density at radius 3 is 2.83 bits per heavy atom. The molecule has 1 aliphatic heterocycles. The number of anilines is 1. The van der Waals surface area contributed by atoms with E-state index in [1.54, 1.807) is 12.1 Å². The maximum atomic E-state index is 14.3. The molecule has 1 aliphatic carbocycles. The summed E-state index contributed by atoms with van der Waals surface area (Å²) in [6, 6.07) is 8.48. The Balaban J connectivity index is 1.57. The number of benzene rings is 1. The van der Waals surface area contributed by atoms with Gasteiger partial charge in [0.2, 0.25) is 5.56 Å². The smallest absolute Gasteiger partial charge is 0.248 e. The number of fused-ring (bicyclic) bond motifs is 2. The maximum absolute atomic E-state index is 14.3. The largest absolute Gasteiger partial charge is 0.366 e. The Kier molecular flexibility index (Phi) is 3.54. The van der Waals surface area contributed by atoms with Gasteiger partial charge in [-0.3, -0.25) is 4.79 Å². The number of hydrogen-bond acceptors (Lipinski definition) is 4. The minimum absolute atomic E-state index is 0.252. The van der Waals surface area contributed by atoms with E-state index in [1.165, 1.54) is 12.5 Å². The molecule has 1 aromatic carbocycles. The third-order valence-corrected chi connectivity index (χ3v) is 6.14. The molecule has 6 rings (SSSR count). The summed E-state index contributed by atoms with van der Waals surface area (Å²) in [6.45, 7) is 2.54. The summed E-state index contributed by atoms with van der Waals surface area (Å²) < 4.78 is 16.4. The zero-order valence-electron chi connectivity index (χ0n) is 15.9. The molecule has 0 unspecified atom stereocenters. The first-order valence-corrected chi connectivity index (χ1v) is 10.1. The summed E-state index contributed by atoms with van der Waals surface area (Å²) in [5, 5.41) is 0.716. The lowest BCUT2D eigenvalue weighted by atomic mass is 9.85. The Bertz CT molecular complexity index is 1320. The number of aromatic amines is 1. The number of H-pyrrole nitrogens is 1. The lowest BCUT2D eigenvalue weighted by Gasteiger charge is -2.25. The molecule has 3 aromatic heterocycles. The third-order valence-electron chi connectivity index (χ3n) is 6.14. The Morgan fingerprint density at radius 1 is 1.21 bits per heavy atom. The van der Waals surface area contributed by atoms with Crippen LogP contribution < -0.4 is 10.5 Å². The molecule has 6 nitrogen and oxygen atoms in total. The summed E-state index contributed by atoms with van der Waals surface area (Å²) >= 11 is 0. The van der Waals surface area contributed by atoms with Crippen LogP contribution in [0.3, 0.4) is 0 Å². The highest BCUT2D eigenvalue weighted by Gasteiger charge is 2.29. The van der Waals surface area contributed by atoms with E-state index < -0.39 is 5.82 Å². The highest BCUT2D eigenvalue weighted by molar-refractivity contribution is 5.88. The van der Waals surface area contributed by atoms with Crippen LogP contribution in [0, 0.1) is 5.82 Å². The first kappa shape index (κ1) is 16.7. The second kappa shape index (κ2) is 6.14. The number of nitrogens with one attached hydrogen (secondary N) is 1. The van der Waals surface area contributed by atoms with Crippen LogP contribution in [-0.4, -0.2) is 32.6 Å². The van der Waals surface area contributed by atoms with Crippen LogP contribution in [0.15, 0.2) is 41.3 Å². The molecular weight excluding hydrogens is 369 g/mol. The molecule has 4 heterocycles. The molecule has 0 spiro atoms. The van der Waals surface area contributed by atoms with Gasteiger partial charge < -0.3 is 14.5 Å². The second-order valence-corrected chi connectivity index (χ2v) is 7.99. The Labute approximate surface area is 166 Å². The van der Waals surface area contributed by atoms with Crippen LogP contribution in [0.1, 0.15) is 36.6 Å². The van der Waals surface area contributed by atoms with Crippen molar-refractivity contribution < 1.29 is 4.39 Å². The van der Waals surface area contributed by atoms with Crippen molar-refractivity contribution in [2.45, 2.75) is 31.7 Å². The van der Waals surface area contributed by atoms with Crippen molar-refractivity contribution in [1.29, 1.82) is 0 Å². The van der Waals surface area contributed by atoms with Gasteiger partial charge in [0, 0.05) is 36.7 Å². The summed E-state index contributed by atoms with van der Waals surface area (Å²) in [5.74, 6) is 1.02. The van der Waals surface area contributed by atoms with Crippen molar-refractivity contribution in [2.75, 3.05) is 18.0 Å². The lowest BCUT2D eigenvalue weighted by molar-refractivity contribution is 0.391. The molecule has 2 aliphatic rings. The van der Waals surface area contributed by atoms with E-state index >= 15 is 0 Å². The predicted molar refractivity (Wildman–Crippen MR) is 110 cm³/mol. The quantitative estimate of drug-likeness (QED) is 0.542. The van der Waals surface area contributed by atoms with Gasteiger partial charge in [0.05, 0.1) is 17.7 Å². The van der Waals surface area contributed by atoms with E-state index in [1.807, 2.05) is 18.3 Å². The van der Waals surface area contributed by atoms with Gasteiger partial charge in [-0.25, -0.2) is 14.4 Å². The van der Waals surface area contributed by atoms with Crippen LogP contribution in [0.2, 0.25) is 0 Å². The molecule has 0 atom stereocenters. The van der Waals surface area contributed by atoms with Crippen LogP contribution in [0.25, 0.3) is 22.1 Å². The minimum atomic E-state index is -0.418. The highest BCUT2D eigenvalue weighted by atomic mass is 19.1. The molecule has 29 heavy (non-hydrogen) atoms. The molecule has 0 bridgehead atoms. The van der Waals surface area contributed by atoms with Crippen LogP contribution >= 0.6 is 0 Å². The summed E-state index contributed by atoms with van der Waals surface area (Å²) in [4.78, 5) is 26.8. The van der Waals surface area contributed by atoms with Crippen LogP contribution in [0.5, 0.6) is 0 Å². The number of aromatic nitrogens is 4. The van der Waals surface area contributed by atoms with Gasteiger partial charge in [-0.2, -0.15) is 0 Å². The number of hydrogen-bond donors (Lipinski definition) is 1. The van der Waals surface area contributed by atoms with Crippen molar-refractivity contribution in [3.63, 3.8) is 0 Å². The van der Waals surface area contributed by atoms with E-state index in [0.717, 1.165) is 54.2 Å². The summed E-state index contributed by atoms with van der Waals surface area (Å²) in [7, 11) is 0. The van der Waals surface area contributed by atoms with Crippen molar-refractivity contribution in [3.05, 3.63) is 64.1 Å². The molecule has 1 saturated heterocycles. The number of pyridine rings is 2. The fraction of sp³-hybridized carbons (Fsp3) is 0.318. The van der Waals surface area contributed by atoms with E-state index in [9.17, 15) is 9.18 Å². The fourth-order valence-corrected chi connectivity index (χ4v) is 4.32. The summed E-state index contributed by atoms with van der Waals surface area (Å²) in [6.07, 6.45) is 5.27. The van der Waals surface area contributed by atoms with E-state index in [4.69, 9.17) is 4.98 Å². The van der Waals surface area contributed by atoms with Crippen molar-refractivity contribution in [1.82, 2.24) is 19.5 Å². The topological polar surface area (TPSA) is 66.6 Å². The van der Waals surface area contributed by atoms with Crippen LogP contribution in [0.4, 0.5) is 10.1 Å². The predicted octanol–water partition coefficient (Wildman–Crippen LogP) is 3.55. The Morgan fingerprint density at radius 2 is 2.07 bits per heavy atom. The molecule has 7 heteroatoms. The molecule has 1 saturated carbocycles. The van der Waals surface area contributed by atoms with Gasteiger partial charge in [-0.1, -0.05) is 18.6 Å². The number of halogens is 1. The molecular formula is C22H20FN5O. The highest BCUT2D eigenvalue weighted by Crippen LogP contribution is 2.39. The molecule has 4 aromatic rings. The SMILES string of the molecule is O=c1cc(Cn2c(C3CCC3)nc3c(N4CC4)ccnc32)c2cccc(F)c2[nH]1. The van der Waals surface area contributed by atoms with Crippen molar-refractivity contribution >= 4 is 27.8 Å². The van der Waals surface area contributed by atoms with Crippen molar-refractivity contribution in [2.24, 2.45) is 0 Å². The van der Waals surface area contributed by atoms with E-state index in [2.05, 4.69) is 19.4 Å². The summed E-state index contributed by atoms with van der Waals surface area (Å²) in [5.41, 5.74) is 3.61. The van der Waals surface area contributed by atoms with E-state index in [-0.39, 0.29) is 11.1 Å². The molecule has 146 valence electrons. The van der Waals surface area contributed by atoms with Gasteiger partial charge in [0.1, 0.15) is 17.2 Å².